The average Bonchev–Trinajstić information content (AvgIpc) is 2.17. The van der Waals surface area contributed by atoms with Crippen molar-refractivity contribution in [3.63, 3.8) is 0 Å². The van der Waals surface area contributed by atoms with E-state index >= 15 is 0 Å². The van der Waals surface area contributed by atoms with Gasteiger partial charge in [0.1, 0.15) is 0 Å². The molecule has 0 saturated heterocycles. The lowest BCUT2D eigenvalue weighted by molar-refractivity contribution is -0.137. The standard InChI is InChI=1S/C12H14O2/c1-3-5-6-7-8-9-10-11-12(13)14-4-2/h10-11H,4,8-9H2,1-2H3/b11-10-. The molecule has 0 aromatic heterocycles. The first kappa shape index (κ1) is 12.3. The van der Waals surface area contributed by atoms with Crippen LogP contribution in [0.5, 0.6) is 0 Å². The number of unbranched alkanes of at least 4 members (excludes halogenated alkanes) is 1. The third-order valence-corrected chi connectivity index (χ3v) is 1.25. The van der Waals surface area contributed by atoms with E-state index in [9.17, 15) is 4.79 Å². The first-order valence-electron chi connectivity index (χ1n) is 4.54. The Morgan fingerprint density at radius 2 is 2.21 bits per heavy atom. The predicted molar refractivity (Wildman–Crippen MR) is 56.2 cm³/mol. The number of hydrogen-bond acceptors (Lipinski definition) is 2. The average molecular weight is 190 g/mol. The van der Waals surface area contributed by atoms with Gasteiger partial charge < -0.3 is 4.74 Å². The molecule has 0 aliphatic carbocycles. The Bertz CT molecular complexity index is 305. The van der Waals surface area contributed by atoms with Crippen LogP contribution in [0.25, 0.3) is 0 Å². The molecule has 0 bridgehead atoms. The molecule has 0 spiro atoms. The van der Waals surface area contributed by atoms with E-state index in [1.54, 1.807) is 19.9 Å². The summed E-state index contributed by atoms with van der Waals surface area (Å²) in [4.78, 5) is 10.8. The number of rotatable bonds is 4. The Morgan fingerprint density at radius 1 is 1.43 bits per heavy atom. The molecule has 74 valence electrons. The fraction of sp³-hybridized carbons (Fsp3) is 0.417. The van der Waals surface area contributed by atoms with Gasteiger partial charge >= 0.3 is 5.97 Å². The molecule has 0 heterocycles. The maximum absolute atomic E-state index is 10.8. The fourth-order valence-corrected chi connectivity index (χ4v) is 0.695. The molecule has 0 radical (unpaired) electrons. The number of carbonyl (C=O) groups is 1. The summed E-state index contributed by atoms with van der Waals surface area (Å²) in [6, 6.07) is 0. The molecule has 0 aromatic rings. The van der Waals surface area contributed by atoms with E-state index in [1.165, 1.54) is 6.08 Å². The summed E-state index contributed by atoms with van der Waals surface area (Å²) < 4.78 is 4.70. The Balaban J connectivity index is 3.58. The molecule has 0 atom stereocenters. The van der Waals surface area contributed by atoms with Gasteiger partial charge in [0, 0.05) is 12.5 Å². The number of ether oxygens (including phenoxy) is 1. The lowest BCUT2D eigenvalue weighted by Gasteiger charge is -1.93. The number of allylic oxidation sites excluding steroid dienone is 1. The van der Waals surface area contributed by atoms with Crippen molar-refractivity contribution in [2.45, 2.75) is 26.7 Å². The highest BCUT2D eigenvalue weighted by atomic mass is 16.5. The molecule has 2 nitrogen and oxygen atoms in total. The minimum Gasteiger partial charge on any atom is -0.463 e. The summed E-state index contributed by atoms with van der Waals surface area (Å²) in [6.07, 6.45) is 4.64. The fourth-order valence-electron chi connectivity index (χ4n) is 0.695. The molecule has 14 heavy (non-hydrogen) atoms. The maximum atomic E-state index is 10.8. The van der Waals surface area contributed by atoms with Crippen LogP contribution in [-0.2, 0) is 9.53 Å². The summed E-state index contributed by atoms with van der Waals surface area (Å²) in [6.45, 7) is 3.94. The van der Waals surface area contributed by atoms with Crippen molar-refractivity contribution in [3.05, 3.63) is 12.2 Å². The highest BCUT2D eigenvalue weighted by Gasteiger charge is 1.90. The van der Waals surface area contributed by atoms with Gasteiger partial charge in [-0.2, -0.15) is 0 Å². The molecule has 0 fully saturated rings. The minimum absolute atomic E-state index is 0.297. The highest BCUT2D eigenvalue weighted by molar-refractivity contribution is 5.81. The molecule has 2 heteroatoms. The van der Waals surface area contributed by atoms with Gasteiger partial charge in [-0.1, -0.05) is 17.9 Å². The largest absolute Gasteiger partial charge is 0.463 e. The smallest absolute Gasteiger partial charge is 0.330 e. The van der Waals surface area contributed by atoms with Crippen LogP contribution in [0.4, 0.5) is 0 Å². The van der Waals surface area contributed by atoms with Crippen LogP contribution < -0.4 is 0 Å². The molecule has 0 rings (SSSR count). The van der Waals surface area contributed by atoms with Crippen LogP contribution in [0.1, 0.15) is 26.7 Å². The van der Waals surface area contributed by atoms with Crippen LogP contribution in [0.3, 0.4) is 0 Å². The van der Waals surface area contributed by atoms with Gasteiger partial charge in [0.2, 0.25) is 0 Å². The Kier molecular flexibility index (Phi) is 8.29. The number of carbonyl (C=O) groups excluding carboxylic acids is 1. The third kappa shape index (κ3) is 8.43. The topological polar surface area (TPSA) is 26.3 Å². The lowest BCUT2D eigenvalue weighted by Crippen LogP contribution is -1.98. The quantitative estimate of drug-likeness (QED) is 0.293. The number of hydrogen-bond donors (Lipinski definition) is 0. The van der Waals surface area contributed by atoms with E-state index in [0.29, 0.717) is 13.0 Å². The molecule has 0 aliphatic rings. The van der Waals surface area contributed by atoms with E-state index in [1.807, 2.05) is 0 Å². The third-order valence-electron chi connectivity index (χ3n) is 1.25. The van der Waals surface area contributed by atoms with Gasteiger partial charge in [-0.05, 0) is 32.1 Å². The van der Waals surface area contributed by atoms with Gasteiger partial charge in [0.05, 0.1) is 6.61 Å². The van der Waals surface area contributed by atoms with E-state index in [4.69, 9.17) is 4.74 Å². The first-order valence-corrected chi connectivity index (χ1v) is 4.54. The summed E-state index contributed by atoms with van der Waals surface area (Å²) in [7, 11) is 0. The second-order valence-corrected chi connectivity index (χ2v) is 2.37. The minimum atomic E-state index is -0.297. The molecule has 0 saturated carbocycles. The lowest BCUT2D eigenvalue weighted by atomic mass is 10.3. The molecular formula is C12H14O2. The van der Waals surface area contributed by atoms with Gasteiger partial charge in [0.15, 0.2) is 0 Å². The predicted octanol–water partition coefficient (Wildman–Crippen LogP) is 1.91. The summed E-state index contributed by atoms with van der Waals surface area (Å²) in [5, 5.41) is 0. The van der Waals surface area contributed by atoms with Crippen LogP contribution in [-0.4, -0.2) is 12.6 Å². The van der Waals surface area contributed by atoms with E-state index in [-0.39, 0.29) is 5.97 Å². The van der Waals surface area contributed by atoms with Crippen LogP contribution in [0.15, 0.2) is 12.2 Å². The Morgan fingerprint density at radius 3 is 2.86 bits per heavy atom. The second kappa shape index (κ2) is 9.42. The van der Waals surface area contributed by atoms with Crippen LogP contribution in [0, 0.1) is 23.7 Å². The van der Waals surface area contributed by atoms with Crippen LogP contribution >= 0.6 is 0 Å². The van der Waals surface area contributed by atoms with Gasteiger partial charge in [-0.25, -0.2) is 4.79 Å². The molecule has 0 unspecified atom stereocenters. The van der Waals surface area contributed by atoms with Gasteiger partial charge in [-0.3, -0.25) is 0 Å². The molecule has 0 aromatic carbocycles. The zero-order valence-corrected chi connectivity index (χ0v) is 8.59. The van der Waals surface area contributed by atoms with E-state index < -0.39 is 0 Å². The molecular weight excluding hydrogens is 176 g/mol. The van der Waals surface area contributed by atoms with Gasteiger partial charge in [-0.15, -0.1) is 0 Å². The number of esters is 1. The normalized spacial score (nSPS) is 8.43. The molecule has 0 N–H and O–H groups in total. The highest BCUT2D eigenvalue weighted by Crippen LogP contribution is 1.90. The van der Waals surface area contributed by atoms with Gasteiger partial charge in [0.25, 0.3) is 0 Å². The van der Waals surface area contributed by atoms with E-state index in [2.05, 4.69) is 23.7 Å². The first-order chi connectivity index (χ1) is 6.81. The molecule has 0 aliphatic heterocycles. The maximum Gasteiger partial charge on any atom is 0.330 e. The summed E-state index contributed by atoms with van der Waals surface area (Å²) in [5.74, 6) is 10.6. The Hall–Kier alpha value is -1.67. The SMILES string of the molecule is CC#CC#CCC/C=C\C(=O)OCC. The molecule has 0 amide bonds. The van der Waals surface area contributed by atoms with Crippen molar-refractivity contribution < 1.29 is 9.53 Å². The zero-order valence-electron chi connectivity index (χ0n) is 8.59. The monoisotopic (exact) mass is 190 g/mol. The summed E-state index contributed by atoms with van der Waals surface area (Å²) in [5.41, 5.74) is 0. The van der Waals surface area contributed by atoms with Crippen LogP contribution in [0.2, 0.25) is 0 Å². The second-order valence-electron chi connectivity index (χ2n) is 2.37. The van der Waals surface area contributed by atoms with E-state index in [0.717, 1.165) is 6.42 Å². The zero-order chi connectivity index (χ0) is 10.6. The Labute approximate surface area is 85.3 Å². The van der Waals surface area contributed by atoms with Crippen molar-refractivity contribution in [2.75, 3.05) is 6.61 Å². The van der Waals surface area contributed by atoms with Crippen molar-refractivity contribution in [2.24, 2.45) is 0 Å². The van der Waals surface area contributed by atoms with Crippen molar-refractivity contribution in [3.8, 4) is 23.7 Å². The van der Waals surface area contributed by atoms with Crippen molar-refractivity contribution in [1.82, 2.24) is 0 Å². The van der Waals surface area contributed by atoms with Crippen molar-refractivity contribution in [1.29, 1.82) is 0 Å². The summed E-state index contributed by atoms with van der Waals surface area (Å²) >= 11 is 0. The van der Waals surface area contributed by atoms with Crippen molar-refractivity contribution >= 4 is 5.97 Å².